The molecule has 1 saturated heterocycles. The highest BCUT2D eigenvalue weighted by molar-refractivity contribution is 7.98. The van der Waals surface area contributed by atoms with Crippen molar-refractivity contribution >= 4 is 27.7 Å². The van der Waals surface area contributed by atoms with E-state index in [1.807, 2.05) is 57.4 Å². The fourth-order valence-electron chi connectivity index (χ4n) is 3.49. The van der Waals surface area contributed by atoms with E-state index in [0.29, 0.717) is 36.6 Å². The SMILES string of the molecule is CSc1ccc(C)c(C(=O)N2CCN(S(=O)(=O)c3ccc(C)cc3C)CC2)c1. The number of hydrogen-bond acceptors (Lipinski definition) is 4. The molecule has 1 aliphatic heterocycles. The van der Waals surface area contributed by atoms with Crippen molar-refractivity contribution in [1.29, 1.82) is 0 Å². The summed E-state index contributed by atoms with van der Waals surface area (Å²) >= 11 is 1.60. The monoisotopic (exact) mass is 418 g/mol. The Morgan fingerprint density at radius 2 is 1.61 bits per heavy atom. The fraction of sp³-hybridized carbons (Fsp3) is 0.381. The predicted octanol–water partition coefficient (Wildman–Crippen LogP) is 3.48. The van der Waals surface area contributed by atoms with E-state index in [4.69, 9.17) is 0 Å². The topological polar surface area (TPSA) is 57.7 Å². The summed E-state index contributed by atoms with van der Waals surface area (Å²) in [5.41, 5.74) is 3.42. The van der Waals surface area contributed by atoms with Gasteiger partial charge < -0.3 is 4.90 Å². The normalized spacial score (nSPS) is 15.6. The van der Waals surface area contributed by atoms with Gasteiger partial charge in [0.25, 0.3) is 5.91 Å². The molecule has 3 rings (SSSR count). The molecule has 1 aliphatic rings. The zero-order valence-corrected chi connectivity index (χ0v) is 18.4. The van der Waals surface area contributed by atoms with Gasteiger partial charge in [0, 0.05) is 36.6 Å². The van der Waals surface area contributed by atoms with Crippen molar-refractivity contribution in [3.63, 3.8) is 0 Å². The third-order valence-corrected chi connectivity index (χ3v) is 7.93. The third-order valence-electron chi connectivity index (χ3n) is 5.15. The lowest BCUT2D eigenvalue weighted by Gasteiger charge is -2.34. The quantitative estimate of drug-likeness (QED) is 0.714. The Hall–Kier alpha value is -1.83. The lowest BCUT2D eigenvalue weighted by Crippen LogP contribution is -2.50. The van der Waals surface area contributed by atoms with E-state index in [2.05, 4.69) is 0 Å². The second-order valence-corrected chi connectivity index (χ2v) is 9.93. The van der Waals surface area contributed by atoms with Crippen LogP contribution >= 0.6 is 11.8 Å². The standard InChI is InChI=1S/C21H26N2O3S2/c1-15-5-8-20(17(3)13-15)28(25,26)23-11-9-22(10-12-23)21(24)19-14-18(27-4)7-6-16(19)2/h5-8,13-14H,9-12H2,1-4H3. The number of carbonyl (C=O) groups is 1. The van der Waals surface area contributed by atoms with E-state index >= 15 is 0 Å². The Morgan fingerprint density at radius 1 is 0.929 bits per heavy atom. The first-order valence-electron chi connectivity index (χ1n) is 9.25. The lowest BCUT2D eigenvalue weighted by molar-refractivity contribution is 0.0697. The number of carbonyl (C=O) groups excluding carboxylic acids is 1. The Balaban J connectivity index is 1.74. The molecule has 0 atom stereocenters. The van der Waals surface area contributed by atoms with Gasteiger partial charge in [-0.25, -0.2) is 8.42 Å². The molecule has 150 valence electrons. The number of aryl methyl sites for hydroxylation is 3. The number of benzene rings is 2. The van der Waals surface area contributed by atoms with Crippen LogP contribution in [-0.4, -0.2) is 56.0 Å². The molecule has 5 nitrogen and oxygen atoms in total. The number of rotatable bonds is 4. The first-order valence-corrected chi connectivity index (χ1v) is 11.9. The molecule has 0 aliphatic carbocycles. The maximum Gasteiger partial charge on any atom is 0.254 e. The van der Waals surface area contributed by atoms with Crippen molar-refractivity contribution in [3.05, 3.63) is 58.7 Å². The first kappa shape index (κ1) is 20.9. The number of hydrogen-bond donors (Lipinski definition) is 0. The largest absolute Gasteiger partial charge is 0.336 e. The van der Waals surface area contributed by atoms with Crippen LogP contribution in [0.1, 0.15) is 27.0 Å². The van der Waals surface area contributed by atoms with E-state index in [-0.39, 0.29) is 5.91 Å². The van der Waals surface area contributed by atoms with Crippen LogP contribution in [0.4, 0.5) is 0 Å². The fourth-order valence-corrected chi connectivity index (χ4v) is 5.56. The van der Waals surface area contributed by atoms with Crippen molar-refractivity contribution in [2.45, 2.75) is 30.6 Å². The number of thioether (sulfide) groups is 1. The number of nitrogens with zero attached hydrogens (tertiary/aromatic N) is 2. The first-order chi connectivity index (χ1) is 13.2. The van der Waals surface area contributed by atoms with Crippen molar-refractivity contribution in [3.8, 4) is 0 Å². The van der Waals surface area contributed by atoms with Crippen molar-refractivity contribution < 1.29 is 13.2 Å². The molecular weight excluding hydrogens is 392 g/mol. The van der Waals surface area contributed by atoms with Crippen LogP contribution in [0.3, 0.4) is 0 Å². The van der Waals surface area contributed by atoms with Crippen LogP contribution in [0.15, 0.2) is 46.2 Å². The smallest absolute Gasteiger partial charge is 0.254 e. The highest BCUT2D eigenvalue weighted by Gasteiger charge is 2.31. The Morgan fingerprint density at radius 3 is 2.21 bits per heavy atom. The van der Waals surface area contributed by atoms with Crippen LogP contribution in [-0.2, 0) is 10.0 Å². The second kappa shape index (κ2) is 8.27. The summed E-state index contributed by atoms with van der Waals surface area (Å²) in [6, 6.07) is 11.3. The Kier molecular flexibility index (Phi) is 6.17. The summed E-state index contributed by atoms with van der Waals surface area (Å²) in [6.45, 7) is 7.10. The van der Waals surface area contributed by atoms with Gasteiger partial charge in [-0.1, -0.05) is 23.8 Å². The van der Waals surface area contributed by atoms with E-state index < -0.39 is 10.0 Å². The summed E-state index contributed by atoms with van der Waals surface area (Å²) in [5, 5.41) is 0. The molecule has 0 aromatic heterocycles. The summed E-state index contributed by atoms with van der Waals surface area (Å²) in [7, 11) is -3.55. The molecular formula is C21H26N2O3S2. The maximum atomic E-state index is 13.0. The van der Waals surface area contributed by atoms with Crippen LogP contribution in [0.5, 0.6) is 0 Å². The molecule has 2 aromatic rings. The Bertz CT molecular complexity index is 995. The van der Waals surface area contributed by atoms with Gasteiger partial charge in [0.15, 0.2) is 0 Å². The van der Waals surface area contributed by atoms with Crippen molar-refractivity contribution in [1.82, 2.24) is 9.21 Å². The van der Waals surface area contributed by atoms with Gasteiger partial charge in [-0.3, -0.25) is 4.79 Å². The number of sulfonamides is 1. The molecule has 7 heteroatoms. The predicted molar refractivity (Wildman–Crippen MR) is 114 cm³/mol. The molecule has 2 aromatic carbocycles. The van der Waals surface area contributed by atoms with E-state index in [1.165, 1.54) is 4.31 Å². The van der Waals surface area contributed by atoms with E-state index in [9.17, 15) is 13.2 Å². The van der Waals surface area contributed by atoms with Crippen molar-refractivity contribution in [2.75, 3.05) is 32.4 Å². The van der Waals surface area contributed by atoms with Gasteiger partial charge in [0.2, 0.25) is 10.0 Å². The number of piperazine rings is 1. The minimum atomic E-state index is -3.55. The van der Waals surface area contributed by atoms with Gasteiger partial charge in [-0.15, -0.1) is 11.8 Å². The molecule has 0 bridgehead atoms. The molecule has 0 N–H and O–H groups in total. The van der Waals surface area contributed by atoms with Gasteiger partial charge in [-0.05, 0) is 56.4 Å². The van der Waals surface area contributed by atoms with Gasteiger partial charge in [0.05, 0.1) is 4.90 Å². The average molecular weight is 419 g/mol. The van der Waals surface area contributed by atoms with Gasteiger partial charge in [-0.2, -0.15) is 4.31 Å². The minimum Gasteiger partial charge on any atom is -0.336 e. The second-order valence-electron chi connectivity index (χ2n) is 7.15. The molecule has 1 fully saturated rings. The summed E-state index contributed by atoms with van der Waals surface area (Å²) in [4.78, 5) is 16.1. The highest BCUT2D eigenvalue weighted by Crippen LogP contribution is 2.24. The van der Waals surface area contributed by atoms with Crippen LogP contribution in [0.25, 0.3) is 0 Å². The average Bonchev–Trinajstić information content (AvgIpc) is 2.67. The lowest BCUT2D eigenvalue weighted by atomic mass is 10.1. The van der Waals surface area contributed by atoms with Gasteiger partial charge in [0.1, 0.15) is 0 Å². The molecule has 1 heterocycles. The third kappa shape index (κ3) is 4.11. The Labute approximate surface area is 171 Å². The van der Waals surface area contributed by atoms with Crippen molar-refractivity contribution in [2.24, 2.45) is 0 Å². The van der Waals surface area contributed by atoms with Crippen LogP contribution in [0, 0.1) is 20.8 Å². The minimum absolute atomic E-state index is 0.0306. The summed E-state index contributed by atoms with van der Waals surface area (Å²) in [5.74, 6) is -0.0306. The zero-order valence-electron chi connectivity index (χ0n) is 16.7. The molecule has 28 heavy (non-hydrogen) atoms. The molecule has 0 radical (unpaired) electrons. The number of amides is 1. The van der Waals surface area contributed by atoms with E-state index in [1.54, 1.807) is 22.7 Å². The van der Waals surface area contributed by atoms with Crippen LogP contribution in [0.2, 0.25) is 0 Å². The molecule has 0 saturated carbocycles. The van der Waals surface area contributed by atoms with E-state index in [0.717, 1.165) is 21.6 Å². The molecule has 1 amide bonds. The highest BCUT2D eigenvalue weighted by atomic mass is 32.2. The molecule has 0 spiro atoms. The maximum absolute atomic E-state index is 13.0. The summed E-state index contributed by atoms with van der Waals surface area (Å²) in [6.07, 6.45) is 1.98. The van der Waals surface area contributed by atoms with Gasteiger partial charge >= 0.3 is 0 Å². The zero-order chi connectivity index (χ0) is 20.5. The molecule has 0 unspecified atom stereocenters. The summed E-state index contributed by atoms with van der Waals surface area (Å²) < 4.78 is 27.5. The van der Waals surface area contributed by atoms with Crippen LogP contribution < -0.4 is 0 Å².